The topological polar surface area (TPSA) is 71.4 Å². The van der Waals surface area contributed by atoms with Gasteiger partial charge in [-0.2, -0.15) is 0 Å². The zero-order valence-electron chi connectivity index (χ0n) is 18.5. The molecule has 3 aromatic rings. The molecule has 1 saturated heterocycles. The van der Waals surface area contributed by atoms with Crippen LogP contribution >= 0.6 is 11.3 Å². The van der Waals surface area contributed by atoms with Crippen molar-refractivity contribution in [1.29, 1.82) is 0 Å². The van der Waals surface area contributed by atoms with Gasteiger partial charge >= 0.3 is 0 Å². The zero-order chi connectivity index (χ0) is 21.8. The normalized spacial score (nSPS) is 19.3. The first-order valence-corrected chi connectivity index (χ1v) is 11.7. The van der Waals surface area contributed by atoms with E-state index in [4.69, 9.17) is 9.72 Å². The van der Waals surface area contributed by atoms with Gasteiger partial charge in [-0.25, -0.2) is 15.0 Å². The smallest absolute Gasteiger partial charge is 0.225 e. The van der Waals surface area contributed by atoms with E-state index in [9.17, 15) is 5.11 Å². The standard InChI is InChI=1S/C24H30N4O2S/c1-17-16-18(2)26-23(25-17)28-13-7-11-24(29,12-14-28)22-27-19(3)21(31-22)10-15-30-20-8-5-4-6-9-20/h4-6,8-9,16,29H,7,10-15H2,1-3H3/t24-/m0/s1. The molecular weight excluding hydrogens is 408 g/mol. The largest absolute Gasteiger partial charge is 0.493 e. The summed E-state index contributed by atoms with van der Waals surface area (Å²) in [6, 6.07) is 11.8. The first kappa shape index (κ1) is 21.7. The third-order valence-corrected chi connectivity index (χ3v) is 7.11. The third-order valence-electron chi connectivity index (χ3n) is 5.70. The Balaban J connectivity index is 1.42. The van der Waals surface area contributed by atoms with Gasteiger partial charge in [-0.1, -0.05) is 18.2 Å². The molecule has 0 aliphatic carbocycles. The van der Waals surface area contributed by atoms with Crippen LogP contribution < -0.4 is 9.64 Å². The maximum Gasteiger partial charge on any atom is 0.225 e. The van der Waals surface area contributed by atoms with Crippen molar-refractivity contribution in [2.75, 3.05) is 24.6 Å². The maximum absolute atomic E-state index is 11.5. The Morgan fingerprint density at radius 2 is 1.77 bits per heavy atom. The van der Waals surface area contributed by atoms with Crippen molar-refractivity contribution in [2.45, 2.75) is 52.1 Å². The van der Waals surface area contributed by atoms with Crippen LogP contribution in [-0.2, 0) is 12.0 Å². The molecule has 0 bridgehead atoms. The SMILES string of the molecule is Cc1cc(C)nc(N2CCC[C@@](O)(c3nc(C)c(CCOc4ccccc4)s3)CC2)n1. The van der Waals surface area contributed by atoms with Crippen LogP contribution in [0.2, 0.25) is 0 Å². The first-order valence-electron chi connectivity index (χ1n) is 10.9. The van der Waals surface area contributed by atoms with E-state index in [0.717, 1.165) is 53.2 Å². The van der Waals surface area contributed by atoms with Crippen molar-refractivity contribution in [3.63, 3.8) is 0 Å². The van der Waals surface area contributed by atoms with Crippen molar-refractivity contribution in [2.24, 2.45) is 0 Å². The van der Waals surface area contributed by atoms with Gasteiger partial charge in [0.15, 0.2) is 0 Å². The van der Waals surface area contributed by atoms with E-state index in [2.05, 4.69) is 14.9 Å². The number of hydrogen-bond acceptors (Lipinski definition) is 7. The monoisotopic (exact) mass is 438 g/mol. The summed E-state index contributed by atoms with van der Waals surface area (Å²) in [5, 5.41) is 12.3. The molecule has 1 fully saturated rings. The summed E-state index contributed by atoms with van der Waals surface area (Å²) in [4.78, 5) is 17.3. The van der Waals surface area contributed by atoms with Crippen LogP contribution in [0.4, 0.5) is 5.95 Å². The highest BCUT2D eigenvalue weighted by atomic mass is 32.1. The summed E-state index contributed by atoms with van der Waals surface area (Å²) in [6.45, 7) is 8.16. The predicted octanol–water partition coefficient (Wildman–Crippen LogP) is 4.36. The lowest BCUT2D eigenvalue weighted by atomic mass is 9.96. The molecule has 0 unspecified atom stereocenters. The molecule has 164 valence electrons. The minimum Gasteiger partial charge on any atom is -0.493 e. The van der Waals surface area contributed by atoms with Crippen molar-refractivity contribution in [1.82, 2.24) is 15.0 Å². The van der Waals surface area contributed by atoms with Gasteiger partial charge < -0.3 is 14.7 Å². The lowest BCUT2D eigenvalue weighted by Gasteiger charge is -2.25. The lowest BCUT2D eigenvalue weighted by Crippen LogP contribution is -2.30. The number of hydrogen-bond donors (Lipinski definition) is 1. The third kappa shape index (κ3) is 5.22. The van der Waals surface area contributed by atoms with Crippen LogP contribution in [0, 0.1) is 20.8 Å². The number of rotatable bonds is 6. The van der Waals surface area contributed by atoms with Crippen LogP contribution in [0.3, 0.4) is 0 Å². The number of para-hydroxylation sites is 1. The average molecular weight is 439 g/mol. The van der Waals surface area contributed by atoms with Crippen LogP contribution in [-0.4, -0.2) is 39.8 Å². The van der Waals surface area contributed by atoms with E-state index in [1.54, 1.807) is 11.3 Å². The second-order valence-corrected chi connectivity index (χ2v) is 9.35. The number of nitrogens with zero attached hydrogens (tertiary/aromatic N) is 4. The molecular formula is C24H30N4O2S. The highest BCUT2D eigenvalue weighted by Gasteiger charge is 2.36. The molecule has 3 heterocycles. The van der Waals surface area contributed by atoms with E-state index >= 15 is 0 Å². The second-order valence-electron chi connectivity index (χ2n) is 8.26. The number of ether oxygens (including phenoxy) is 1. The lowest BCUT2D eigenvalue weighted by molar-refractivity contribution is 0.0241. The Morgan fingerprint density at radius 1 is 1.03 bits per heavy atom. The molecule has 2 aromatic heterocycles. The highest BCUT2D eigenvalue weighted by Crippen LogP contribution is 2.37. The van der Waals surface area contributed by atoms with Crippen molar-refractivity contribution >= 4 is 17.3 Å². The van der Waals surface area contributed by atoms with E-state index in [0.29, 0.717) is 26.0 Å². The number of thiazole rings is 1. The van der Waals surface area contributed by atoms with Gasteiger partial charge in [0.2, 0.25) is 5.95 Å². The summed E-state index contributed by atoms with van der Waals surface area (Å²) in [5.74, 6) is 1.64. The van der Waals surface area contributed by atoms with Gasteiger partial charge in [-0.3, -0.25) is 0 Å². The Labute approximate surface area is 188 Å². The molecule has 1 atom stereocenters. The molecule has 0 amide bonds. The molecule has 1 aliphatic heterocycles. The van der Waals surface area contributed by atoms with E-state index in [-0.39, 0.29) is 0 Å². The quantitative estimate of drug-likeness (QED) is 0.617. The number of anilines is 1. The minimum absolute atomic E-state index is 0.600. The number of aliphatic hydroxyl groups is 1. The van der Waals surface area contributed by atoms with Gasteiger partial charge in [0.25, 0.3) is 0 Å². The molecule has 1 N–H and O–H groups in total. The van der Waals surface area contributed by atoms with E-state index in [1.807, 2.05) is 57.2 Å². The molecule has 6 nitrogen and oxygen atoms in total. The van der Waals surface area contributed by atoms with Crippen LogP contribution in [0.25, 0.3) is 0 Å². The molecule has 1 aliphatic rings. The zero-order valence-corrected chi connectivity index (χ0v) is 19.3. The van der Waals surface area contributed by atoms with Gasteiger partial charge in [0, 0.05) is 42.2 Å². The van der Waals surface area contributed by atoms with E-state index < -0.39 is 5.60 Å². The van der Waals surface area contributed by atoms with Crippen molar-refractivity contribution in [3.05, 3.63) is 63.4 Å². The van der Waals surface area contributed by atoms with Gasteiger partial charge in [0.1, 0.15) is 16.4 Å². The number of benzene rings is 1. The van der Waals surface area contributed by atoms with Crippen LogP contribution in [0.15, 0.2) is 36.4 Å². The van der Waals surface area contributed by atoms with Crippen LogP contribution in [0.1, 0.15) is 46.2 Å². The fourth-order valence-electron chi connectivity index (χ4n) is 4.02. The Kier molecular flexibility index (Phi) is 6.53. The summed E-state index contributed by atoms with van der Waals surface area (Å²) in [6.07, 6.45) is 2.98. The van der Waals surface area contributed by atoms with Crippen LogP contribution in [0.5, 0.6) is 5.75 Å². The van der Waals surface area contributed by atoms with E-state index in [1.165, 1.54) is 4.88 Å². The van der Waals surface area contributed by atoms with Gasteiger partial charge in [0.05, 0.1) is 12.3 Å². The average Bonchev–Trinajstić information content (AvgIpc) is 2.99. The maximum atomic E-state index is 11.5. The Hall–Kier alpha value is -2.51. The predicted molar refractivity (Wildman–Crippen MR) is 124 cm³/mol. The van der Waals surface area contributed by atoms with Crippen molar-refractivity contribution in [3.8, 4) is 5.75 Å². The molecule has 0 spiro atoms. The number of aromatic nitrogens is 3. The molecule has 31 heavy (non-hydrogen) atoms. The molecule has 7 heteroatoms. The molecule has 4 rings (SSSR count). The fraction of sp³-hybridized carbons (Fsp3) is 0.458. The summed E-state index contributed by atoms with van der Waals surface area (Å²) in [7, 11) is 0. The second kappa shape index (κ2) is 9.32. The van der Waals surface area contributed by atoms with Crippen molar-refractivity contribution < 1.29 is 9.84 Å². The Morgan fingerprint density at radius 3 is 2.52 bits per heavy atom. The molecule has 1 aromatic carbocycles. The first-order chi connectivity index (χ1) is 14.9. The summed E-state index contributed by atoms with van der Waals surface area (Å²) >= 11 is 1.62. The molecule has 0 saturated carbocycles. The summed E-state index contributed by atoms with van der Waals surface area (Å²) in [5.41, 5.74) is 2.03. The number of aryl methyl sites for hydroxylation is 3. The van der Waals surface area contributed by atoms with Gasteiger partial charge in [-0.05, 0) is 51.8 Å². The molecule has 0 radical (unpaired) electrons. The summed E-state index contributed by atoms with van der Waals surface area (Å²) < 4.78 is 5.84. The highest BCUT2D eigenvalue weighted by molar-refractivity contribution is 7.11. The minimum atomic E-state index is -0.901. The van der Waals surface area contributed by atoms with Gasteiger partial charge in [-0.15, -0.1) is 11.3 Å². The Bertz CT molecular complexity index is 1000. The fourth-order valence-corrected chi connectivity index (χ4v) is 5.21.